The van der Waals surface area contributed by atoms with Gasteiger partial charge in [0.1, 0.15) is 16.9 Å². The van der Waals surface area contributed by atoms with E-state index in [4.69, 9.17) is 9.47 Å². The lowest BCUT2D eigenvalue weighted by Gasteiger charge is -2.38. The zero-order valence-electron chi connectivity index (χ0n) is 23.3. The van der Waals surface area contributed by atoms with Gasteiger partial charge in [0.2, 0.25) is 0 Å². The first kappa shape index (κ1) is 27.7. The van der Waals surface area contributed by atoms with Gasteiger partial charge in [-0.15, -0.1) is 11.3 Å². The molecule has 1 aromatic carbocycles. The van der Waals surface area contributed by atoms with Crippen molar-refractivity contribution in [3.8, 4) is 5.75 Å². The van der Waals surface area contributed by atoms with E-state index in [0.29, 0.717) is 23.4 Å². The molecule has 1 fully saturated rings. The maximum Gasteiger partial charge on any atom is 0.332 e. The number of carbonyl (C=O) groups is 2. The lowest BCUT2D eigenvalue weighted by atomic mass is 9.85. The summed E-state index contributed by atoms with van der Waals surface area (Å²) in [5, 5.41) is 0. The number of thiazole rings is 1. The highest BCUT2D eigenvalue weighted by molar-refractivity contribution is 7.09. The second kappa shape index (κ2) is 10.1. The number of methoxy groups -OCH3 is 1. The average Bonchev–Trinajstić information content (AvgIpc) is 3.48. The first-order valence-electron chi connectivity index (χ1n) is 12.7. The van der Waals surface area contributed by atoms with Crippen LogP contribution in [-0.2, 0) is 14.9 Å². The fraction of sp³-hybridized carbons (Fsp3) is 0.483. The number of esters is 1. The Morgan fingerprint density at radius 2 is 1.82 bits per heavy atom. The van der Waals surface area contributed by atoms with Gasteiger partial charge in [-0.1, -0.05) is 26.8 Å². The van der Waals surface area contributed by atoms with Crippen LogP contribution in [0.5, 0.6) is 5.75 Å². The van der Waals surface area contributed by atoms with Gasteiger partial charge in [0.05, 0.1) is 24.4 Å². The monoisotopic (exact) mass is 536 g/mol. The number of ether oxygens (including phenoxy) is 2. The smallest absolute Gasteiger partial charge is 0.332 e. The van der Waals surface area contributed by atoms with Gasteiger partial charge < -0.3 is 14.4 Å². The van der Waals surface area contributed by atoms with E-state index in [9.17, 15) is 9.59 Å². The third kappa shape index (κ3) is 5.29. The minimum atomic E-state index is -1.27. The molecule has 1 aliphatic heterocycles. The fourth-order valence-electron chi connectivity index (χ4n) is 5.09. The zero-order chi connectivity index (χ0) is 27.9. The summed E-state index contributed by atoms with van der Waals surface area (Å²) in [5.41, 5.74) is 1.69. The summed E-state index contributed by atoms with van der Waals surface area (Å²) in [7, 11) is 1.60. The number of nitrogens with zero attached hydrogens (tertiary/aromatic N) is 4. The highest BCUT2D eigenvalue weighted by Crippen LogP contribution is 2.53. The molecule has 1 saturated heterocycles. The van der Waals surface area contributed by atoms with Gasteiger partial charge in [-0.2, -0.15) is 0 Å². The first-order chi connectivity index (χ1) is 17.8. The van der Waals surface area contributed by atoms with E-state index < -0.39 is 23.2 Å². The van der Waals surface area contributed by atoms with Crippen molar-refractivity contribution in [2.24, 2.45) is 0 Å². The van der Waals surface area contributed by atoms with E-state index in [-0.39, 0.29) is 17.2 Å². The third-order valence-corrected chi connectivity index (χ3v) is 7.67. The number of carbonyl (C=O) groups excluding carboxylic acids is 2. The van der Waals surface area contributed by atoms with Gasteiger partial charge in [-0.3, -0.25) is 19.7 Å². The van der Waals surface area contributed by atoms with Gasteiger partial charge in [-0.25, -0.2) is 4.79 Å². The molecule has 2 aromatic heterocycles. The van der Waals surface area contributed by atoms with E-state index in [1.54, 1.807) is 61.4 Å². The van der Waals surface area contributed by atoms with Crippen molar-refractivity contribution >= 4 is 23.2 Å². The Morgan fingerprint density at radius 3 is 2.37 bits per heavy atom. The quantitative estimate of drug-likeness (QED) is 0.386. The highest BCUT2D eigenvalue weighted by Gasteiger charge is 2.58. The van der Waals surface area contributed by atoms with E-state index >= 15 is 0 Å². The van der Waals surface area contributed by atoms with Crippen LogP contribution < -0.4 is 4.74 Å². The van der Waals surface area contributed by atoms with Gasteiger partial charge in [0.15, 0.2) is 0 Å². The number of rotatable bonds is 5. The summed E-state index contributed by atoms with van der Waals surface area (Å²) in [5.74, 6) is -0.415. The molecule has 202 valence electrons. The second-order valence-corrected chi connectivity index (χ2v) is 12.8. The topological polar surface area (TPSA) is 94.5 Å². The Balaban J connectivity index is 1.89. The van der Waals surface area contributed by atoms with Crippen molar-refractivity contribution < 1.29 is 19.1 Å². The van der Waals surface area contributed by atoms with E-state index in [1.807, 2.05) is 26.8 Å². The van der Waals surface area contributed by atoms with Crippen LogP contribution in [0.4, 0.5) is 0 Å². The molecule has 1 amide bonds. The van der Waals surface area contributed by atoms with Gasteiger partial charge >= 0.3 is 5.97 Å². The molecule has 9 heteroatoms. The van der Waals surface area contributed by atoms with Crippen LogP contribution in [0.2, 0.25) is 0 Å². The summed E-state index contributed by atoms with van der Waals surface area (Å²) in [4.78, 5) is 43.9. The lowest BCUT2D eigenvalue weighted by Crippen LogP contribution is -2.53. The normalized spacial score (nSPS) is 21.8. The van der Waals surface area contributed by atoms with Crippen LogP contribution in [0.3, 0.4) is 0 Å². The molecule has 8 nitrogen and oxygen atoms in total. The SMILES string of the molecule is COc1cc(C(=O)N2[C@@H](c3cncs3)[C@@H](c3cnccn3)C[C@@]2(C)C(=O)OC(C)(C)C)ccc1C(C)(C)C. The molecular formula is C29H36N4O4S. The van der Waals surface area contributed by atoms with Crippen LogP contribution in [0.1, 0.15) is 93.3 Å². The minimum absolute atomic E-state index is 0.173. The number of hydrogen-bond donors (Lipinski definition) is 0. The predicted molar refractivity (Wildman–Crippen MR) is 146 cm³/mol. The minimum Gasteiger partial charge on any atom is -0.496 e. The maximum absolute atomic E-state index is 14.5. The van der Waals surface area contributed by atoms with Crippen LogP contribution in [0.15, 0.2) is 48.5 Å². The van der Waals surface area contributed by atoms with Crippen LogP contribution in [0, 0.1) is 0 Å². The van der Waals surface area contributed by atoms with Gasteiger partial charge in [0.25, 0.3) is 5.91 Å². The Labute approximate surface area is 228 Å². The van der Waals surface area contributed by atoms with Crippen LogP contribution in [0.25, 0.3) is 0 Å². The molecule has 38 heavy (non-hydrogen) atoms. The predicted octanol–water partition coefficient (Wildman–Crippen LogP) is 5.71. The van der Waals surface area contributed by atoms with Crippen molar-refractivity contribution in [1.29, 1.82) is 0 Å². The van der Waals surface area contributed by atoms with E-state index in [0.717, 1.165) is 10.4 Å². The fourth-order valence-corrected chi connectivity index (χ4v) is 5.87. The zero-order valence-corrected chi connectivity index (χ0v) is 24.1. The van der Waals surface area contributed by atoms with Gasteiger partial charge in [0, 0.05) is 41.1 Å². The van der Waals surface area contributed by atoms with E-state index in [1.165, 1.54) is 11.3 Å². The number of benzene rings is 1. The van der Waals surface area contributed by atoms with Gasteiger partial charge in [-0.05, 0) is 57.2 Å². The molecule has 0 aliphatic carbocycles. The number of aromatic nitrogens is 3. The molecule has 0 radical (unpaired) electrons. The highest BCUT2D eigenvalue weighted by atomic mass is 32.1. The molecule has 0 bridgehead atoms. The summed E-state index contributed by atoms with van der Waals surface area (Å²) < 4.78 is 11.6. The number of amides is 1. The lowest BCUT2D eigenvalue weighted by molar-refractivity contribution is -0.166. The Hall–Kier alpha value is -3.33. The van der Waals surface area contributed by atoms with E-state index in [2.05, 4.69) is 35.7 Å². The van der Waals surface area contributed by atoms with Crippen molar-refractivity contribution in [3.05, 3.63) is 70.2 Å². The molecule has 3 heterocycles. The van der Waals surface area contributed by atoms with Crippen molar-refractivity contribution in [2.45, 2.75) is 83.4 Å². The molecule has 0 N–H and O–H groups in total. The molecule has 0 saturated carbocycles. The molecule has 4 rings (SSSR count). The summed E-state index contributed by atoms with van der Waals surface area (Å²) >= 11 is 1.44. The third-order valence-electron chi connectivity index (χ3n) is 6.83. The van der Waals surface area contributed by atoms with Crippen LogP contribution >= 0.6 is 11.3 Å². The van der Waals surface area contributed by atoms with Crippen molar-refractivity contribution in [1.82, 2.24) is 19.9 Å². The molecule has 0 unspecified atom stereocenters. The number of likely N-dealkylation sites (tertiary alicyclic amines) is 1. The average molecular weight is 537 g/mol. The summed E-state index contributed by atoms with van der Waals surface area (Å²) in [6.07, 6.45) is 7.02. The summed E-state index contributed by atoms with van der Waals surface area (Å²) in [6.45, 7) is 13.5. The second-order valence-electron chi connectivity index (χ2n) is 11.9. The summed E-state index contributed by atoms with van der Waals surface area (Å²) in [6, 6.07) is 5.00. The maximum atomic E-state index is 14.5. The molecule has 3 atom stereocenters. The standard InChI is InChI=1S/C29H36N4O4S/c1-27(2,3)20-10-9-18(13-22(20)36-8)25(34)33-24(23-16-31-17-38-23)19(21-15-30-11-12-32-21)14-29(33,7)26(35)37-28(4,5)6/h9-13,15-17,19,24H,14H2,1-8H3/t19-,24-,29+/m1/s1. The molecule has 1 aliphatic rings. The molecular weight excluding hydrogens is 500 g/mol. The van der Waals surface area contributed by atoms with Crippen molar-refractivity contribution in [3.63, 3.8) is 0 Å². The van der Waals surface area contributed by atoms with Crippen LogP contribution in [-0.4, -0.2) is 50.0 Å². The Morgan fingerprint density at radius 1 is 1.08 bits per heavy atom. The largest absolute Gasteiger partial charge is 0.496 e. The Kier molecular flexibility index (Phi) is 7.36. The first-order valence-corrected chi connectivity index (χ1v) is 13.5. The molecule has 0 spiro atoms. The molecule has 3 aromatic rings. The Bertz CT molecular complexity index is 1300. The number of hydrogen-bond acceptors (Lipinski definition) is 8. The van der Waals surface area contributed by atoms with Crippen molar-refractivity contribution in [2.75, 3.05) is 7.11 Å².